The second-order valence-electron chi connectivity index (χ2n) is 6.89. The summed E-state index contributed by atoms with van der Waals surface area (Å²) >= 11 is 6.19. The maximum atomic E-state index is 12.4. The van der Waals surface area contributed by atoms with E-state index in [1.54, 1.807) is 12.1 Å². The molecule has 1 heterocycles. The van der Waals surface area contributed by atoms with Gasteiger partial charge >= 0.3 is 0 Å². The zero-order valence-corrected chi connectivity index (χ0v) is 16.8. The number of aryl methyl sites for hydroxylation is 1. The van der Waals surface area contributed by atoms with E-state index in [-0.39, 0.29) is 11.8 Å². The largest absolute Gasteiger partial charge is 0.340 e. The Morgan fingerprint density at radius 3 is 2.61 bits per heavy atom. The van der Waals surface area contributed by atoms with Gasteiger partial charge in [-0.2, -0.15) is 4.98 Å². The van der Waals surface area contributed by atoms with Crippen LogP contribution in [0.15, 0.2) is 59.1 Å². The second-order valence-corrected chi connectivity index (χ2v) is 7.30. The van der Waals surface area contributed by atoms with Crippen molar-refractivity contribution < 1.29 is 9.32 Å². The fraction of sp³-hybridized carbons (Fsp3) is 0.227. The van der Waals surface area contributed by atoms with Crippen LogP contribution in [0.1, 0.15) is 36.9 Å². The van der Waals surface area contributed by atoms with E-state index in [0.717, 1.165) is 16.7 Å². The summed E-state index contributed by atoms with van der Waals surface area (Å²) in [5, 5.41) is 7.63. The lowest BCUT2D eigenvalue weighted by atomic mass is 10.0. The van der Waals surface area contributed by atoms with Gasteiger partial charge in [-0.05, 0) is 36.1 Å². The second kappa shape index (κ2) is 8.85. The molecule has 144 valence electrons. The summed E-state index contributed by atoms with van der Waals surface area (Å²) in [4.78, 5) is 16.8. The van der Waals surface area contributed by atoms with Crippen molar-refractivity contribution in [2.75, 3.05) is 0 Å². The van der Waals surface area contributed by atoms with Crippen LogP contribution in [0.5, 0.6) is 0 Å². The van der Waals surface area contributed by atoms with Crippen molar-refractivity contribution in [1.82, 2.24) is 15.5 Å². The van der Waals surface area contributed by atoms with Crippen LogP contribution < -0.4 is 5.32 Å². The molecule has 1 aromatic heterocycles. The third-order valence-corrected chi connectivity index (χ3v) is 4.74. The van der Waals surface area contributed by atoms with Crippen molar-refractivity contribution in [3.8, 4) is 11.4 Å². The van der Waals surface area contributed by atoms with Crippen LogP contribution in [0.3, 0.4) is 0 Å². The lowest BCUT2D eigenvalue weighted by Crippen LogP contribution is -2.30. The van der Waals surface area contributed by atoms with E-state index < -0.39 is 6.04 Å². The number of nitrogens with one attached hydrogen (secondary N) is 1. The summed E-state index contributed by atoms with van der Waals surface area (Å²) in [6, 6.07) is 14.8. The average molecular weight is 396 g/mol. The number of nitrogens with zero attached hydrogens (tertiary/aromatic N) is 2. The van der Waals surface area contributed by atoms with Gasteiger partial charge in [-0.25, -0.2) is 0 Å². The van der Waals surface area contributed by atoms with Gasteiger partial charge in [0.25, 0.3) is 0 Å². The molecule has 5 nitrogen and oxygen atoms in total. The van der Waals surface area contributed by atoms with Crippen molar-refractivity contribution in [3.05, 3.63) is 76.6 Å². The number of benzene rings is 2. The van der Waals surface area contributed by atoms with Gasteiger partial charge in [0.05, 0.1) is 0 Å². The minimum atomic E-state index is -0.393. The maximum Gasteiger partial charge on any atom is 0.249 e. The minimum Gasteiger partial charge on any atom is -0.340 e. The lowest BCUT2D eigenvalue weighted by Gasteiger charge is -2.17. The molecular weight excluding hydrogens is 374 g/mol. The van der Waals surface area contributed by atoms with Crippen molar-refractivity contribution in [1.29, 1.82) is 0 Å². The highest BCUT2D eigenvalue weighted by Gasteiger charge is 2.24. The number of carbonyl (C=O) groups excluding carboxylic acids is 1. The molecule has 0 saturated heterocycles. The molecule has 0 aliphatic carbocycles. The summed E-state index contributed by atoms with van der Waals surface area (Å²) in [5.41, 5.74) is 2.70. The van der Waals surface area contributed by atoms with E-state index in [1.165, 1.54) is 6.08 Å². The molecule has 0 unspecified atom stereocenters. The van der Waals surface area contributed by atoms with Gasteiger partial charge in [0, 0.05) is 16.7 Å². The molecule has 3 aromatic rings. The Hall–Kier alpha value is -2.92. The van der Waals surface area contributed by atoms with Gasteiger partial charge in [0.15, 0.2) is 0 Å². The molecule has 6 heteroatoms. The Kier molecular flexibility index (Phi) is 6.26. The van der Waals surface area contributed by atoms with Crippen LogP contribution in [0.2, 0.25) is 5.02 Å². The first-order valence-corrected chi connectivity index (χ1v) is 9.45. The zero-order valence-electron chi connectivity index (χ0n) is 16.0. The monoisotopic (exact) mass is 395 g/mol. The van der Waals surface area contributed by atoms with Crippen LogP contribution in [0.4, 0.5) is 0 Å². The minimum absolute atomic E-state index is 0.0731. The van der Waals surface area contributed by atoms with E-state index in [9.17, 15) is 4.79 Å². The van der Waals surface area contributed by atoms with Gasteiger partial charge < -0.3 is 9.84 Å². The van der Waals surface area contributed by atoms with Gasteiger partial charge in [-0.3, -0.25) is 4.79 Å². The van der Waals surface area contributed by atoms with Crippen LogP contribution in [0.25, 0.3) is 17.5 Å². The van der Waals surface area contributed by atoms with Crippen LogP contribution in [0, 0.1) is 12.8 Å². The Bertz CT molecular complexity index is 980. The van der Waals surface area contributed by atoms with Crippen LogP contribution >= 0.6 is 11.6 Å². The number of rotatable bonds is 6. The molecule has 1 N–H and O–H groups in total. The van der Waals surface area contributed by atoms with Crippen molar-refractivity contribution in [2.45, 2.75) is 26.8 Å². The Morgan fingerprint density at radius 1 is 1.18 bits per heavy atom. The number of amides is 1. The summed E-state index contributed by atoms with van der Waals surface area (Å²) in [5.74, 6) is 0.657. The van der Waals surface area contributed by atoms with E-state index in [1.807, 2.05) is 63.2 Å². The third-order valence-electron chi connectivity index (χ3n) is 4.33. The first kappa shape index (κ1) is 19.8. The van der Waals surface area contributed by atoms with Crippen molar-refractivity contribution in [3.63, 3.8) is 0 Å². The average Bonchev–Trinajstić information content (AvgIpc) is 3.17. The molecule has 3 rings (SSSR count). The normalized spacial score (nSPS) is 12.5. The van der Waals surface area contributed by atoms with Crippen molar-refractivity contribution in [2.24, 2.45) is 5.92 Å². The summed E-state index contributed by atoms with van der Waals surface area (Å²) < 4.78 is 5.43. The quantitative estimate of drug-likeness (QED) is 0.580. The molecule has 0 aliphatic rings. The first-order valence-electron chi connectivity index (χ1n) is 9.08. The molecule has 2 aromatic carbocycles. The predicted octanol–water partition coefficient (Wildman–Crippen LogP) is 5.23. The fourth-order valence-electron chi connectivity index (χ4n) is 2.66. The van der Waals surface area contributed by atoms with Gasteiger partial charge in [-0.1, -0.05) is 73.1 Å². The Morgan fingerprint density at radius 2 is 1.93 bits per heavy atom. The van der Waals surface area contributed by atoms with E-state index >= 15 is 0 Å². The number of hydrogen-bond acceptors (Lipinski definition) is 4. The molecular formula is C22H22ClN3O2. The van der Waals surface area contributed by atoms with E-state index in [4.69, 9.17) is 16.1 Å². The molecule has 0 fully saturated rings. The van der Waals surface area contributed by atoms with Crippen LogP contribution in [-0.4, -0.2) is 16.0 Å². The number of carbonyl (C=O) groups is 1. The summed E-state index contributed by atoms with van der Waals surface area (Å²) in [6.45, 7) is 5.90. The van der Waals surface area contributed by atoms with E-state index in [2.05, 4.69) is 15.5 Å². The standard InChI is InChI=1S/C22H22ClN3O2/c1-14(2)20(24-19(27)12-10-16-7-5-4-6-8-16)22-25-21(26-28-22)17-11-9-15(3)18(23)13-17/h4-14,20H,1-3H3,(H,24,27)/b12-10+/t20-/m0/s1. The van der Waals surface area contributed by atoms with Gasteiger partial charge in [0.2, 0.25) is 17.6 Å². The maximum absolute atomic E-state index is 12.4. The molecule has 28 heavy (non-hydrogen) atoms. The van der Waals surface area contributed by atoms with Gasteiger partial charge in [0.1, 0.15) is 6.04 Å². The number of aromatic nitrogens is 2. The predicted molar refractivity (Wildman–Crippen MR) is 111 cm³/mol. The molecule has 0 spiro atoms. The molecule has 1 amide bonds. The molecule has 0 aliphatic heterocycles. The third kappa shape index (κ3) is 4.87. The Labute approximate surface area is 169 Å². The number of halogens is 1. The van der Waals surface area contributed by atoms with Crippen molar-refractivity contribution >= 4 is 23.6 Å². The molecule has 0 saturated carbocycles. The first-order chi connectivity index (χ1) is 13.4. The lowest BCUT2D eigenvalue weighted by molar-refractivity contribution is -0.117. The number of hydrogen-bond donors (Lipinski definition) is 1. The smallest absolute Gasteiger partial charge is 0.249 e. The SMILES string of the molecule is Cc1ccc(-c2noc([C@@H](NC(=O)/C=C/c3ccccc3)C(C)C)n2)cc1Cl. The summed E-state index contributed by atoms with van der Waals surface area (Å²) in [6.07, 6.45) is 3.27. The molecule has 0 radical (unpaired) electrons. The highest BCUT2D eigenvalue weighted by Crippen LogP contribution is 2.26. The topological polar surface area (TPSA) is 68.0 Å². The van der Waals surface area contributed by atoms with E-state index in [0.29, 0.717) is 16.7 Å². The Balaban J connectivity index is 1.75. The highest BCUT2D eigenvalue weighted by molar-refractivity contribution is 6.31. The van der Waals surface area contributed by atoms with Gasteiger partial charge in [-0.15, -0.1) is 0 Å². The molecule has 1 atom stereocenters. The fourth-order valence-corrected chi connectivity index (χ4v) is 2.84. The summed E-state index contributed by atoms with van der Waals surface area (Å²) in [7, 11) is 0. The zero-order chi connectivity index (χ0) is 20.1. The molecule has 0 bridgehead atoms. The highest BCUT2D eigenvalue weighted by atomic mass is 35.5. The van der Waals surface area contributed by atoms with Crippen LogP contribution in [-0.2, 0) is 4.79 Å².